The number of aliphatic carboxylic acids is 1. The Morgan fingerprint density at radius 1 is 1.50 bits per heavy atom. The van der Waals surface area contributed by atoms with E-state index in [1.165, 1.54) is 6.33 Å². The van der Waals surface area contributed by atoms with Crippen LogP contribution in [0.3, 0.4) is 0 Å². The molecule has 16 heavy (non-hydrogen) atoms. The highest BCUT2D eigenvalue weighted by Crippen LogP contribution is 2.28. The van der Waals surface area contributed by atoms with Crippen molar-refractivity contribution in [3.63, 3.8) is 0 Å². The Morgan fingerprint density at radius 2 is 2.25 bits per heavy atom. The first kappa shape index (κ1) is 11.0. The van der Waals surface area contributed by atoms with Crippen LogP contribution in [0.1, 0.15) is 30.8 Å². The Kier molecular flexibility index (Phi) is 2.63. The highest BCUT2D eigenvalue weighted by Gasteiger charge is 2.35. The zero-order valence-electron chi connectivity index (χ0n) is 9.36. The summed E-state index contributed by atoms with van der Waals surface area (Å²) in [5.74, 6) is -0.890. The van der Waals surface area contributed by atoms with Crippen LogP contribution >= 0.6 is 0 Å². The molecule has 2 rings (SSSR count). The lowest BCUT2D eigenvalue weighted by molar-refractivity contribution is -0.142. The van der Waals surface area contributed by atoms with Crippen molar-refractivity contribution in [1.29, 1.82) is 0 Å². The Bertz CT molecular complexity index is 429. The van der Waals surface area contributed by atoms with Crippen molar-refractivity contribution < 1.29 is 14.6 Å². The topological polar surface area (TPSA) is 72.3 Å². The number of hydrogen-bond donors (Lipinski definition) is 1. The molecule has 0 unspecified atom stereocenters. The number of fused-ring (bicyclic) bond motifs is 1. The van der Waals surface area contributed by atoms with Crippen LogP contribution in [0.2, 0.25) is 0 Å². The Labute approximate surface area is 93.5 Å². The molecule has 0 saturated heterocycles. The number of ether oxygens (including phenoxy) is 1. The van der Waals surface area contributed by atoms with Crippen molar-refractivity contribution in [2.24, 2.45) is 0 Å². The fourth-order valence-electron chi connectivity index (χ4n) is 1.80. The van der Waals surface area contributed by atoms with Gasteiger partial charge in [-0.05, 0) is 13.8 Å². The fraction of sp³-hybridized carbons (Fsp3) is 0.545. The van der Waals surface area contributed by atoms with Gasteiger partial charge >= 0.3 is 5.97 Å². The van der Waals surface area contributed by atoms with Crippen molar-refractivity contribution in [3.05, 3.63) is 23.3 Å². The lowest BCUT2D eigenvalue weighted by Gasteiger charge is -2.25. The number of carboxylic acids is 1. The van der Waals surface area contributed by atoms with Crippen LogP contribution in [-0.4, -0.2) is 27.7 Å². The fourth-order valence-corrected chi connectivity index (χ4v) is 1.80. The molecule has 0 radical (unpaired) electrons. The molecule has 1 aliphatic rings. The Hall–Kier alpha value is -1.49. The first-order valence-electron chi connectivity index (χ1n) is 5.18. The molecule has 0 aromatic carbocycles. The number of aromatic nitrogens is 2. The second kappa shape index (κ2) is 3.83. The molecule has 0 spiro atoms. The normalized spacial score (nSPS) is 15.6. The average Bonchev–Trinajstić information content (AvgIpc) is 2.28. The second-order valence-electron chi connectivity index (χ2n) is 4.38. The van der Waals surface area contributed by atoms with E-state index in [9.17, 15) is 9.90 Å². The molecular formula is C11H14N2O3. The van der Waals surface area contributed by atoms with Gasteiger partial charge in [0.05, 0.1) is 24.6 Å². The summed E-state index contributed by atoms with van der Waals surface area (Å²) in [5.41, 5.74) is 1.30. The van der Waals surface area contributed by atoms with E-state index in [-0.39, 0.29) is 0 Å². The van der Waals surface area contributed by atoms with Gasteiger partial charge in [-0.3, -0.25) is 4.79 Å². The summed E-state index contributed by atoms with van der Waals surface area (Å²) in [6.45, 7) is 4.33. The third kappa shape index (κ3) is 1.67. The largest absolute Gasteiger partial charge is 0.481 e. The summed E-state index contributed by atoms with van der Waals surface area (Å²) < 4.78 is 5.34. The predicted molar refractivity (Wildman–Crippen MR) is 56.1 cm³/mol. The van der Waals surface area contributed by atoms with Crippen LogP contribution in [0.25, 0.3) is 0 Å². The molecule has 0 fully saturated rings. The Morgan fingerprint density at radius 3 is 2.94 bits per heavy atom. The standard InChI is InChI=1S/C11H14N2O3/c1-11(2,10(14)15)9-7-5-16-4-3-8(7)12-6-13-9/h6H,3-5H2,1-2H3,(H,14,15). The van der Waals surface area contributed by atoms with E-state index in [4.69, 9.17) is 4.74 Å². The summed E-state index contributed by atoms with van der Waals surface area (Å²) >= 11 is 0. The highest BCUT2D eigenvalue weighted by atomic mass is 16.5. The van der Waals surface area contributed by atoms with Gasteiger partial charge < -0.3 is 9.84 Å². The average molecular weight is 222 g/mol. The van der Waals surface area contributed by atoms with Gasteiger partial charge in [0.25, 0.3) is 0 Å². The molecule has 1 N–H and O–H groups in total. The molecular weight excluding hydrogens is 208 g/mol. The first-order valence-corrected chi connectivity index (χ1v) is 5.18. The van der Waals surface area contributed by atoms with E-state index in [2.05, 4.69) is 9.97 Å². The maximum Gasteiger partial charge on any atom is 0.315 e. The molecule has 0 aliphatic carbocycles. The highest BCUT2D eigenvalue weighted by molar-refractivity contribution is 5.80. The molecule has 0 atom stereocenters. The predicted octanol–water partition coefficient (Wildman–Crippen LogP) is 0.912. The summed E-state index contributed by atoms with van der Waals surface area (Å²) in [4.78, 5) is 19.5. The van der Waals surface area contributed by atoms with Crippen molar-refractivity contribution in [2.75, 3.05) is 6.61 Å². The number of carbonyl (C=O) groups is 1. The van der Waals surface area contributed by atoms with Crippen molar-refractivity contribution in [3.8, 4) is 0 Å². The van der Waals surface area contributed by atoms with Gasteiger partial charge in [0, 0.05) is 12.0 Å². The lowest BCUT2D eigenvalue weighted by Crippen LogP contribution is -2.32. The minimum atomic E-state index is -1.01. The molecule has 1 aromatic rings. The number of rotatable bonds is 2. The molecule has 5 heteroatoms. The van der Waals surface area contributed by atoms with Crippen molar-refractivity contribution in [2.45, 2.75) is 32.3 Å². The SMILES string of the molecule is CC(C)(C(=O)O)c1ncnc2c1COCC2. The maximum absolute atomic E-state index is 11.2. The van der Waals surface area contributed by atoms with Crippen LogP contribution in [0.4, 0.5) is 0 Å². The Balaban J connectivity index is 2.53. The lowest BCUT2D eigenvalue weighted by atomic mass is 9.85. The number of nitrogens with zero attached hydrogens (tertiary/aromatic N) is 2. The zero-order chi connectivity index (χ0) is 11.8. The van der Waals surface area contributed by atoms with Gasteiger partial charge in [0.1, 0.15) is 11.7 Å². The van der Waals surface area contributed by atoms with Gasteiger partial charge in [-0.25, -0.2) is 9.97 Å². The van der Waals surface area contributed by atoms with E-state index < -0.39 is 11.4 Å². The third-order valence-electron chi connectivity index (χ3n) is 2.89. The van der Waals surface area contributed by atoms with E-state index in [0.717, 1.165) is 17.7 Å². The van der Waals surface area contributed by atoms with Gasteiger partial charge in [-0.2, -0.15) is 0 Å². The first-order chi connectivity index (χ1) is 7.53. The molecule has 0 bridgehead atoms. The molecule has 0 amide bonds. The van der Waals surface area contributed by atoms with E-state index in [0.29, 0.717) is 18.9 Å². The van der Waals surface area contributed by atoms with Crippen LogP contribution in [0, 0.1) is 0 Å². The smallest absolute Gasteiger partial charge is 0.315 e. The molecule has 0 saturated carbocycles. The van der Waals surface area contributed by atoms with E-state index in [1.807, 2.05) is 0 Å². The van der Waals surface area contributed by atoms with Gasteiger partial charge in [0.2, 0.25) is 0 Å². The van der Waals surface area contributed by atoms with Gasteiger partial charge in [-0.15, -0.1) is 0 Å². The third-order valence-corrected chi connectivity index (χ3v) is 2.89. The monoisotopic (exact) mass is 222 g/mol. The summed E-state index contributed by atoms with van der Waals surface area (Å²) in [7, 11) is 0. The maximum atomic E-state index is 11.2. The van der Waals surface area contributed by atoms with Crippen molar-refractivity contribution in [1.82, 2.24) is 9.97 Å². The van der Waals surface area contributed by atoms with Crippen molar-refractivity contribution >= 4 is 5.97 Å². The number of hydrogen-bond acceptors (Lipinski definition) is 4. The quantitative estimate of drug-likeness (QED) is 0.805. The van der Waals surface area contributed by atoms with E-state index >= 15 is 0 Å². The van der Waals surface area contributed by atoms with E-state index in [1.54, 1.807) is 13.8 Å². The molecule has 1 aliphatic heterocycles. The van der Waals surface area contributed by atoms with Crippen LogP contribution < -0.4 is 0 Å². The van der Waals surface area contributed by atoms with Crippen LogP contribution in [0.15, 0.2) is 6.33 Å². The van der Waals surface area contributed by atoms with Crippen LogP contribution in [-0.2, 0) is 28.0 Å². The van der Waals surface area contributed by atoms with Gasteiger partial charge in [-0.1, -0.05) is 0 Å². The molecule has 5 nitrogen and oxygen atoms in total. The summed E-state index contributed by atoms with van der Waals surface area (Å²) in [5, 5.41) is 9.20. The summed E-state index contributed by atoms with van der Waals surface area (Å²) in [6.07, 6.45) is 2.16. The van der Waals surface area contributed by atoms with Crippen LogP contribution in [0.5, 0.6) is 0 Å². The molecule has 86 valence electrons. The minimum absolute atomic E-state index is 0.405. The molecule has 2 heterocycles. The molecule has 1 aromatic heterocycles. The number of carboxylic acid groups (broad SMARTS) is 1. The zero-order valence-corrected chi connectivity index (χ0v) is 9.36. The van der Waals surface area contributed by atoms with Gasteiger partial charge in [0.15, 0.2) is 0 Å². The minimum Gasteiger partial charge on any atom is -0.481 e. The summed E-state index contributed by atoms with van der Waals surface area (Å²) in [6, 6.07) is 0. The second-order valence-corrected chi connectivity index (χ2v) is 4.38.